The van der Waals surface area contributed by atoms with Gasteiger partial charge in [0.25, 0.3) is 0 Å². The fourth-order valence-corrected chi connectivity index (χ4v) is 1.40. The molecule has 0 aromatic heterocycles. The zero-order valence-corrected chi connectivity index (χ0v) is 9.92. The molecule has 0 aliphatic rings. The third-order valence-electron chi connectivity index (χ3n) is 2.16. The summed E-state index contributed by atoms with van der Waals surface area (Å²) in [6, 6.07) is 10.7. The van der Waals surface area contributed by atoms with Crippen molar-refractivity contribution in [3.05, 3.63) is 35.9 Å². The first-order valence-electron chi connectivity index (χ1n) is 5.97. The molecule has 0 bridgehead atoms. The number of unbranched alkanes of at least 4 members (excludes halogenated alkanes) is 3. The predicted molar refractivity (Wildman–Crippen MR) is 92.6 cm³/mol. The Bertz CT molecular complexity index is 188. The van der Waals surface area contributed by atoms with E-state index in [1.165, 1.54) is 37.7 Å². The summed E-state index contributed by atoms with van der Waals surface area (Å²) < 4.78 is 0. The van der Waals surface area contributed by atoms with Crippen molar-refractivity contribution in [2.24, 2.45) is 0 Å². The second-order valence-corrected chi connectivity index (χ2v) is 3.30. The molecule has 1 aromatic rings. The molecule has 0 saturated heterocycles. The molecule has 0 radical (unpaired) electrons. The second kappa shape index (κ2) is 25.2. The fraction of sp³-hybridized carbons (Fsp3) is 0.667. The van der Waals surface area contributed by atoms with E-state index >= 15 is 0 Å². The van der Waals surface area contributed by atoms with Crippen molar-refractivity contribution in [3.8, 4) is 0 Å². The van der Waals surface area contributed by atoms with Crippen molar-refractivity contribution in [1.82, 2.24) is 0 Å². The zero-order chi connectivity index (χ0) is 10.6. The third-order valence-corrected chi connectivity index (χ3v) is 2.16. The van der Waals surface area contributed by atoms with Gasteiger partial charge < -0.3 is 0 Å². The highest BCUT2D eigenvalue weighted by Crippen LogP contribution is 2.06. The lowest BCUT2D eigenvalue weighted by molar-refractivity contribution is 0.667. The summed E-state index contributed by atoms with van der Waals surface area (Å²) >= 11 is 0. The largest absolute Gasteiger partial charge is 0.0776 e. The van der Waals surface area contributed by atoms with E-state index in [1.54, 1.807) is 0 Å². The van der Waals surface area contributed by atoms with Crippen LogP contribution in [0.5, 0.6) is 0 Å². The summed E-state index contributed by atoms with van der Waals surface area (Å²) in [6.45, 7) is 6.25. The van der Waals surface area contributed by atoms with Crippen LogP contribution in [0, 0.1) is 0 Å². The molecule has 112 valence electrons. The summed E-state index contributed by atoms with van der Waals surface area (Å²) in [5.74, 6) is 0. The van der Waals surface area contributed by atoms with Gasteiger partial charge in [-0.15, -0.1) is 0 Å². The van der Waals surface area contributed by atoms with Gasteiger partial charge in [-0.3, -0.25) is 0 Å². The van der Waals surface area contributed by atoms with Crippen LogP contribution in [0.1, 0.15) is 81.7 Å². The maximum Gasteiger partial charge on any atom is -0.0279 e. The minimum atomic E-state index is 0. The van der Waals surface area contributed by atoms with E-state index in [-0.39, 0.29) is 29.7 Å². The molecule has 0 atom stereocenters. The Kier molecular flexibility index (Phi) is 42.4. The number of hydrogen-bond donors (Lipinski definition) is 0. The molecule has 0 saturated carbocycles. The molecule has 0 heteroatoms. The summed E-state index contributed by atoms with van der Waals surface area (Å²) in [7, 11) is 0. The van der Waals surface area contributed by atoms with E-state index in [0.29, 0.717) is 0 Å². The van der Waals surface area contributed by atoms with Crippen LogP contribution in [-0.4, -0.2) is 0 Å². The van der Waals surface area contributed by atoms with Crippen molar-refractivity contribution in [2.75, 3.05) is 0 Å². The maximum atomic E-state index is 2.25. The Labute approximate surface area is 119 Å². The van der Waals surface area contributed by atoms with Gasteiger partial charge >= 0.3 is 0 Å². The standard InChI is InChI=1S/C12H18.C2H6.4CH4/c1-2-3-4-6-9-12-10-7-5-8-11-12;1-2;;;;/h5,7-8,10-11H,2-4,6,9H2,1H3;1-2H3;4*1H4. The first-order chi connectivity index (χ1) is 6.93. The van der Waals surface area contributed by atoms with Crippen LogP contribution in [-0.2, 0) is 6.42 Å². The van der Waals surface area contributed by atoms with E-state index in [0.717, 1.165) is 0 Å². The first kappa shape index (κ1) is 30.3. The highest BCUT2D eigenvalue weighted by molar-refractivity contribution is 5.14. The van der Waals surface area contributed by atoms with Crippen LogP contribution in [0.4, 0.5) is 0 Å². The van der Waals surface area contributed by atoms with Crippen molar-refractivity contribution >= 4 is 0 Å². The maximum absolute atomic E-state index is 2.25. The van der Waals surface area contributed by atoms with Crippen LogP contribution >= 0.6 is 0 Å². The number of hydrogen-bond acceptors (Lipinski definition) is 0. The van der Waals surface area contributed by atoms with E-state index < -0.39 is 0 Å². The predicted octanol–water partition coefficient (Wildman–Crippen LogP) is 7.38. The summed E-state index contributed by atoms with van der Waals surface area (Å²) in [5, 5.41) is 0. The minimum absolute atomic E-state index is 0. The highest BCUT2D eigenvalue weighted by Gasteiger charge is 1.90. The molecule has 0 heterocycles. The summed E-state index contributed by atoms with van der Waals surface area (Å²) in [5.41, 5.74) is 1.48. The van der Waals surface area contributed by atoms with Gasteiger partial charge in [-0.25, -0.2) is 0 Å². The minimum Gasteiger partial charge on any atom is -0.0776 e. The van der Waals surface area contributed by atoms with E-state index in [2.05, 4.69) is 37.3 Å². The summed E-state index contributed by atoms with van der Waals surface area (Å²) in [4.78, 5) is 0. The fourth-order valence-electron chi connectivity index (χ4n) is 1.40. The van der Waals surface area contributed by atoms with Crippen molar-refractivity contribution < 1.29 is 0 Å². The van der Waals surface area contributed by atoms with Crippen LogP contribution in [0.3, 0.4) is 0 Å². The normalized spacial score (nSPS) is 7.06. The lowest BCUT2D eigenvalue weighted by atomic mass is 10.1. The van der Waals surface area contributed by atoms with Gasteiger partial charge in [0.1, 0.15) is 0 Å². The monoisotopic (exact) mass is 256 g/mol. The Morgan fingerprint density at radius 3 is 1.67 bits per heavy atom. The number of rotatable bonds is 5. The SMILES string of the molecule is C.C.C.C.CC.CCCCCCc1ccccc1. The van der Waals surface area contributed by atoms with Crippen molar-refractivity contribution in [1.29, 1.82) is 0 Å². The quantitative estimate of drug-likeness (QED) is 0.482. The molecule has 0 fully saturated rings. The average molecular weight is 257 g/mol. The van der Waals surface area contributed by atoms with Gasteiger partial charge in [0.15, 0.2) is 0 Å². The van der Waals surface area contributed by atoms with E-state index in [9.17, 15) is 0 Å². The molecular formula is C18H40. The topological polar surface area (TPSA) is 0 Å². The molecule has 1 aromatic carbocycles. The molecule has 0 unspecified atom stereocenters. The van der Waals surface area contributed by atoms with Gasteiger partial charge in [0, 0.05) is 0 Å². The van der Waals surface area contributed by atoms with Crippen LogP contribution in [0.15, 0.2) is 30.3 Å². The number of aryl methyl sites for hydroxylation is 1. The number of benzene rings is 1. The Balaban J connectivity index is -0.0000000894. The van der Waals surface area contributed by atoms with Crippen molar-refractivity contribution in [3.63, 3.8) is 0 Å². The third kappa shape index (κ3) is 17.6. The smallest absolute Gasteiger partial charge is 0.0279 e. The molecule has 0 spiro atoms. The van der Waals surface area contributed by atoms with Gasteiger partial charge in [-0.05, 0) is 18.4 Å². The molecule has 0 amide bonds. The zero-order valence-electron chi connectivity index (χ0n) is 9.92. The molecule has 0 nitrogen and oxygen atoms in total. The van der Waals surface area contributed by atoms with Crippen LogP contribution in [0.25, 0.3) is 0 Å². The molecular weight excluding hydrogens is 216 g/mol. The molecule has 18 heavy (non-hydrogen) atoms. The molecule has 0 aliphatic heterocycles. The first-order valence-corrected chi connectivity index (χ1v) is 5.97. The van der Waals surface area contributed by atoms with Gasteiger partial charge in [-0.2, -0.15) is 0 Å². The van der Waals surface area contributed by atoms with Crippen molar-refractivity contribution in [2.45, 2.75) is 82.6 Å². The van der Waals surface area contributed by atoms with E-state index in [4.69, 9.17) is 0 Å². The Morgan fingerprint density at radius 2 is 1.22 bits per heavy atom. The molecule has 1 rings (SSSR count). The van der Waals surface area contributed by atoms with Gasteiger partial charge in [-0.1, -0.05) is 100 Å². The lowest BCUT2D eigenvalue weighted by Crippen LogP contribution is -1.84. The molecule has 0 aliphatic carbocycles. The van der Waals surface area contributed by atoms with Crippen LogP contribution < -0.4 is 0 Å². The average Bonchev–Trinajstić information content (AvgIpc) is 2.29. The van der Waals surface area contributed by atoms with Crippen LogP contribution in [0.2, 0.25) is 0 Å². The van der Waals surface area contributed by atoms with Gasteiger partial charge in [0.05, 0.1) is 0 Å². The lowest BCUT2D eigenvalue weighted by Gasteiger charge is -1.99. The Hall–Kier alpha value is -0.780. The highest BCUT2D eigenvalue weighted by atomic mass is 14.0. The Morgan fingerprint density at radius 1 is 0.722 bits per heavy atom. The molecule has 0 N–H and O–H groups in total. The van der Waals surface area contributed by atoms with Gasteiger partial charge in [0.2, 0.25) is 0 Å². The second-order valence-electron chi connectivity index (χ2n) is 3.30. The van der Waals surface area contributed by atoms with E-state index in [1.807, 2.05) is 13.8 Å². The summed E-state index contributed by atoms with van der Waals surface area (Å²) in [6.07, 6.45) is 6.69.